The maximum atomic E-state index is 13.6. The number of hydrogen-bond acceptors (Lipinski definition) is 3. The molecule has 1 amide bonds. The van der Waals surface area contributed by atoms with E-state index >= 15 is 0 Å². The molecule has 0 atom stereocenters. The predicted molar refractivity (Wildman–Crippen MR) is 76.4 cm³/mol. The van der Waals surface area contributed by atoms with Crippen LogP contribution in [0.1, 0.15) is 15.9 Å². The van der Waals surface area contributed by atoms with Crippen LogP contribution in [-0.4, -0.2) is 17.9 Å². The fourth-order valence-electron chi connectivity index (χ4n) is 1.96. The van der Waals surface area contributed by atoms with Crippen LogP contribution in [0.15, 0.2) is 48.5 Å². The number of rotatable bonds is 4. The summed E-state index contributed by atoms with van der Waals surface area (Å²) in [4.78, 5) is 13.8. The molecular weight excluding hydrogens is 257 g/mol. The third kappa shape index (κ3) is 2.95. The van der Waals surface area contributed by atoms with Gasteiger partial charge in [0.1, 0.15) is 5.82 Å². The van der Waals surface area contributed by atoms with Crippen molar-refractivity contribution in [3.05, 3.63) is 65.5 Å². The second kappa shape index (κ2) is 6.16. The summed E-state index contributed by atoms with van der Waals surface area (Å²) in [6.07, 6.45) is 0. The lowest BCUT2D eigenvalue weighted by atomic mass is 10.1. The molecule has 0 saturated carbocycles. The fraction of sp³-hybridized carbons (Fsp3) is 0.133. The van der Waals surface area contributed by atoms with E-state index in [1.54, 1.807) is 49.5 Å². The Morgan fingerprint density at radius 2 is 1.85 bits per heavy atom. The molecule has 0 aliphatic carbocycles. The van der Waals surface area contributed by atoms with Crippen LogP contribution >= 0.6 is 0 Å². The lowest BCUT2D eigenvalue weighted by molar-refractivity contribution is 0.0785. The molecule has 0 aromatic heterocycles. The van der Waals surface area contributed by atoms with Gasteiger partial charge in [0.05, 0.1) is 11.3 Å². The van der Waals surface area contributed by atoms with Crippen molar-refractivity contribution >= 4 is 11.6 Å². The molecule has 2 aromatic rings. The molecule has 0 heterocycles. The number of hydrazine groups is 1. The molecule has 0 bridgehead atoms. The van der Waals surface area contributed by atoms with Crippen molar-refractivity contribution in [1.82, 2.24) is 4.90 Å². The van der Waals surface area contributed by atoms with Crippen LogP contribution in [0.3, 0.4) is 0 Å². The molecule has 2 rings (SSSR count). The Labute approximate surface area is 117 Å². The second-order valence-electron chi connectivity index (χ2n) is 4.44. The number of carbonyl (C=O) groups is 1. The number of carbonyl (C=O) groups excluding carboxylic acids is 1. The average Bonchev–Trinajstić information content (AvgIpc) is 2.48. The zero-order chi connectivity index (χ0) is 14.5. The average molecular weight is 273 g/mol. The van der Waals surface area contributed by atoms with Crippen LogP contribution in [0.2, 0.25) is 0 Å². The largest absolute Gasteiger partial charge is 0.337 e. The molecule has 0 spiro atoms. The smallest absolute Gasteiger partial charge is 0.256 e. The first-order chi connectivity index (χ1) is 9.63. The Bertz CT molecular complexity index is 616. The molecule has 0 aliphatic rings. The minimum atomic E-state index is -0.322. The molecule has 104 valence electrons. The van der Waals surface area contributed by atoms with Crippen molar-refractivity contribution < 1.29 is 9.18 Å². The third-order valence-electron chi connectivity index (χ3n) is 3.03. The molecule has 0 aliphatic heterocycles. The van der Waals surface area contributed by atoms with Gasteiger partial charge in [-0.2, -0.15) is 0 Å². The summed E-state index contributed by atoms with van der Waals surface area (Å²) in [5.41, 5.74) is 3.95. The van der Waals surface area contributed by atoms with E-state index in [1.165, 1.54) is 11.0 Å². The molecule has 0 unspecified atom stereocenters. The number of hydrogen-bond donors (Lipinski definition) is 2. The van der Waals surface area contributed by atoms with Gasteiger partial charge in [-0.05, 0) is 18.2 Å². The molecule has 5 heteroatoms. The van der Waals surface area contributed by atoms with Crippen molar-refractivity contribution in [1.29, 1.82) is 0 Å². The molecule has 3 N–H and O–H groups in total. The minimum Gasteiger partial charge on any atom is -0.337 e. The number of nitrogen functional groups attached to an aromatic ring is 1. The van der Waals surface area contributed by atoms with Gasteiger partial charge in [0.15, 0.2) is 0 Å². The highest BCUT2D eigenvalue weighted by Crippen LogP contribution is 2.17. The quantitative estimate of drug-likeness (QED) is 0.664. The van der Waals surface area contributed by atoms with Crippen LogP contribution in [-0.2, 0) is 6.54 Å². The number of nitrogens with two attached hydrogens (primary N) is 1. The molecule has 20 heavy (non-hydrogen) atoms. The van der Waals surface area contributed by atoms with E-state index in [4.69, 9.17) is 5.84 Å². The minimum absolute atomic E-state index is 0.199. The summed E-state index contributed by atoms with van der Waals surface area (Å²) in [5.74, 6) is 4.84. The van der Waals surface area contributed by atoms with E-state index in [-0.39, 0.29) is 18.3 Å². The highest BCUT2D eigenvalue weighted by Gasteiger charge is 2.16. The highest BCUT2D eigenvalue weighted by atomic mass is 19.1. The molecule has 0 radical (unpaired) electrons. The van der Waals surface area contributed by atoms with Gasteiger partial charge in [-0.1, -0.05) is 30.3 Å². The fourth-order valence-corrected chi connectivity index (χ4v) is 1.96. The van der Waals surface area contributed by atoms with E-state index in [0.717, 1.165) is 0 Å². The standard InChI is InChI=1S/C15H16FN3O/c1-19(10-11-6-2-4-8-13(11)16)15(20)12-7-3-5-9-14(12)18-17/h2-9,18H,10,17H2,1H3. The van der Waals surface area contributed by atoms with Crippen molar-refractivity contribution in [3.8, 4) is 0 Å². The highest BCUT2D eigenvalue weighted by molar-refractivity contribution is 5.99. The lowest BCUT2D eigenvalue weighted by Crippen LogP contribution is -2.28. The van der Waals surface area contributed by atoms with E-state index in [0.29, 0.717) is 16.8 Å². The van der Waals surface area contributed by atoms with Gasteiger partial charge >= 0.3 is 0 Å². The first kappa shape index (κ1) is 14.0. The van der Waals surface area contributed by atoms with E-state index < -0.39 is 0 Å². The summed E-state index contributed by atoms with van der Waals surface area (Å²) in [6.45, 7) is 0.199. The predicted octanol–water partition coefficient (Wildman–Crippen LogP) is 2.38. The zero-order valence-corrected chi connectivity index (χ0v) is 11.1. The van der Waals surface area contributed by atoms with Crippen molar-refractivity contribution in [2.24, 2.45) is 5.84 Å². The summed E-state index contributed by atoms with van der Waals surface area (Å²) >= 11 is 0. The summed E-state index contributed by atoms with van der Waals surface area (Å²) < 4.78 is 13.6. The van der Waals surface area contributed by atoms with Gasteiger partial charge in [0.25, 0.3) is 5.91 Å². The van der Waals surface area contributed by atoms with Crippen LogP contribution < -0.4 is 11.3 Å². The Hall–Kier alpha value is -2.40. The summed E-state index contributed by atoms with van der Waals surface area (Å²) in [7, 11) is 1.63. The van der Waals surface area contributed by atoms with Gasteiger partial charge in [0.2, 0.25) is 0 Å². The van der Waals surface area contributed by atoms with Crippen LogP contribution in [0.4, 0.5) is 10.1 Å². The van der Waals surface area contributed by atoms with E-state index in [2.05, 4.69) is 5.43 Å². The molecule has 0 fully saturated rings. The Morgan fingerprint density at radius 1 is 1.20 bits per heavy atom. The normalized spacial score (nSPS) is 10.2. The number of nitrogens with one attached hydrogen (secondary N) is 1. The summed E-state index contributed by atoms with van der Waals surface area (Å²) in [6, 6.07) is 13.3. The van der Waals surface area contributed by atoms with E-state index in [1.807, 2.05) is 0 Å². The third-order valence-corrected chi connectivity index (χ3v) is 3.03. The topological polar surface area (TPSA) is 58.4 Å². The first-order valence-corrected chi connectivity index (χ1v) is 6.18. The van der Waals surface area contributed by atoms with E-state index in [9.17, 15) is 9.18 Å². The number of halogens is 1. The number of amides is 1. The summed E-state index contributed by atoms with van der Waals surface area (Å²) in [5, 5.41) is 0. The number of benzene rings is 2. The van der Waals surface area contributed by atoms with Crippen molar-refractivity contribution in [3.63, 3.8) is 0 Å². The second-order valence-corrected chi connectivity index (χ2v) is 4.44. The molecule has 2 aromatic carbocycles. The Kier molecular flexibility index (Phi) is 4.32. The monoisotopic (exact) mass is 273 g/mol. The van der Waals surface area contributed by atoms with Gasteiger partial charge in [-0.15, -0.1) is 0 Å². The molecular formula is C15H16FN3O. The van der Waals surface area contributed by atoms with Gasteiger partial charge in [0, 0.05) is 19.2 Å². The van der Waals surface area contributed by atoms with Gasteiger partial charge in [-0.25, -0.2) is 4.39 Å². The van der Waals surface area contributed by atoms with Gasteiger partial charge < -0.3 is 10.3 Å². The van der Waals surface area contributed by atoms with Crippen LogP contribution in [0.5, 0.6) is 0 Å². The Morgan fingerprint density at radius 3 is 2.55 bits per heavy atom. The maximum Gasteiger partial charge on any atom is 0.256 e. The number of para-hydroxylation sites is 1. The maximum absolute atomic E-state index is 13.6. The van der Waals surface area contributed by atoms with Crippen molar-refractivity contribution in [2.75, 3.05) is 12.5 Å². The number of anilines is 1. The van der Waals surface area contributed by atoms with Crippen LogP contribution in [0, 0.1) is 5.82 Å². The van der Waals surface area contributed by atoms with Crippen molar-refractivity contribution in [2.45, 2.75) is 6.54 Å². The SMILES string of the molecule is CN(Cc1ccccc1F)C(=O)c1ccccc1NN. The zero-order valence-electron chi connectivity index (χ0n) is 11.1. The first-order valence-electron chi connectivity index (χ1n) is 6.18. The molecule has 4 nitrogen and oxygen atoms in total. The Balaban J connectivity index is 2.19. The van der Waals surface area contributed by atoms with Crippen LogP contribution in [0.25, 0.3) is 0 Å². The lowest BCUT2D eigenvalue weighted by Gasteiger charge is -2.19. The van der Waals surface area contributed by atoms with Gasteiger partial charge in [-0.3, -0.25) is 10.6 Å². The number of nitrogens with zero attached hydrogens (tertiary/aromatic N) is 1. The molecule has 0 saturated heterocycles.